The molecule has 0 aliphatic carbocycles. The zero-order chi connectivity index (χ0) is 27.4. The molecule has 4 rings (SSSR count). The van der Waals surface area contributed by atoms with Crippen molar-refractivity contribution < 1.29 is 14.3 Å². The number of nitriles is 1. The fraction of sp³-hybridized carbons (Fsp3) is 0.344. The van der Waals surface area contributed by atoms with E-state index in [1.165, 1.54) is 0 Å². The predicted molar refractivity (Wildman–Crippen MR) is 151 cm³/mol. The van der Waals surface area contributed by atoms with Gasteiger partial charge in [0.25, 0.3) is 5.91 Å². The molecule has 196 valence electrons. The molecular weight excluding hydrogens is 474 g/mol. The predicted octanol–water partition coefficient (Wildman–Crippen LogP) is 6.24. The number of hydrogen-bond donors (Lipinski definition) is 0. The van der Waals surface area contributed by atoms with Crippen LogP contribution in [0.25, 0.3) is 22.8 Å². The number of hydrogen-bond acceptors (Lipinski definition) is 5. The largest absolute Gasteiger partial charge is 0.488 e. The maximum atomic E-state index is 12.2. The van der Waals surface area contributed by atoms with Crippen LogP contribution in [0.2, 0.25) is 0 Å². The van der Waals surface area contributed by atoms with Crippen LogP contribution in [0.5, 0.6) is 5.75 Å². The number of carbonyl (C=O) groups excluding carboxylic acids is 1. The Bertz CT molecular complexity index is 1380. The average molecular weight is 510 g/mol. The molecule has 38 heavy (non-hydrogen) atoms. The quantitative estimate of drug-likeness (QED) is 0.393. The highest BCUT2D eigenvalue weighted by Gasteiger charge is 2.31. The smallest absolute Gasteiger partial charge is 0.253 e. The molecule has 1 saturated heterocycles. The van der Waals surface area contributed by atoms with Gasteiger partial charge in [-0.1, -0.05) is 32.0 Å². The van der Waals surface area contributed by atoms with Gasteiger partial charge in [-0.15, -0.1) is 0 Å². The van der Waals surface area contributed by atoms with Crippen LogP contribution >= 0.6 is 0 Å². The third-order valence-corrected chi connectivity index (χ3v) is 7.15. The SMILES string of the molecule is C/C(=C\c1nccc(-c2ccc(O[C@H]3[C@H](C)COC[C@@H]3C)c(C#N)c2)c1C)c1ccc(C(=O)N(C)C)cc1. The Labute approximate surface area is 225 Å². The van der Waals surface area contributed by atoms with Crippen LogP contribution in [0.15, 0.2) is 54.7 Å². The van der Waals surface area contributed by atoms with Gasteiger partial charge in [-0.2, -0.15) is 5.26 Å². The fourth-order valence-electron chi connectivity index (χ4n) is 4.89. The number of carbonyl (C=O) groups is 1. The molecule has 3 atom stereocenters. The Kier molecular flexibility index (Phi) is 8.29. The Hall–Kier alpha value is -3.95. The summed E-state index contributed by atoms with van der Waals surface area (Å²) >= 11 is 0. The molecular formula is C32H35N3O3. The summed E-state index contributed by atoms with van der Waals surface area (Å²) in [6.07, 6.45) is 3.86. The number of aromatic nitrogens is 1. The second kappa shape index (κ2) is 11.6. The molecule has 6 nitrogen and oxygen atoms in total. The van der Waals surface area contributed by atoms with Crippen molar-refractivity contribution in [1.29, 1.82) is 5.26 Å². The second-order valence-corrected chi connectivity index (χ2v) is 10.4. The van der Waals surface area contributed by atoms with Crippen LogP contribution in [0.4, 0.5) is 0 Å². The van der Waals surface area contributed by atoms with Gasteiger partial charge in [-0.3, -0.25) is 9.78 Å². The summed E-state index contributed by atoms with van der Waals surface area (Å²) in [5.41, 5.74) is 7.09. The minimum atomic E-state index is -0.0201. The standard InChI is InChI=1S/C32H35N3O3/c1-20(24-7-9-25(10-8-24)32(36)35(5)6)15-29-23(4)28(13-14-34-29)26-11-12-30(27(16-26)17-33)38-31-21(2)18-37-19-22(31)3/h7-16,21-22,31H,18-19H2,1-6H3/b20-15+/t21-,22+,31+. The van der Waals surface area contributed by atoms with E-state index in [1.54, 1.807) is 25.2 Å². The number of rotatable bonds is 6. The summed E-state index contributed by atoms with van der Waals surface area (Å²) < 4.78 is 12.0. The first-order valence-electron chi connectivity index (χ1n) is 12.9. The van der Waals surface area contributed by atoms with Gasteiger partial charge in [0.05, 0.1) is 24.5 Å². The fourth-order valence-corrected chi connectivity index (χ4v) is 4.89. The van der Waals surface area contributed by atoms with Crippen LogP contribution in [-0.4, -0.2) is 49.2 Å². The lowest BCUT2D eigenvalue weighted by Gasteiger charge is -2.34. The molecule has 0 spiro atoms. The van der Waals surface area contributed by atoms with Crippen LogP contribution in [-0.2, 0) is 4.74 Å². The zero-order valence-electron chi connectivity index (χ0n) is 23.0. The first-order valence-corrected chi connectivity index (χ1v) is 12.9. The average Bonchev–Trinajstić information content (AvgIpc) is 2.91. The lowest BCUT2D eigenvalue weighted by molar-refractivity contribution is -0.0551. The van der Waals surface area contributed by atoms with Crippen molar-refractivity contribution in [1.82, 2.24) is 9.88 Å². The third-order valence-electron chi connectivity index (χ3n) is 7.15. The molecule has 2 aromatic carbocycles. The molecule has 0 saturated carbocycles. The molecule has 0 radical (unpaired) electrons. The topological polar surface area (TPSA) is 75.5 Å². The Balaban J connectivity index is 1.60. The molecule has 2 heterocycles. The molecule has 3 aromatic rings. The minimum Gasteiger partial charge on any atom is -0.488 e. The van der Waals surface area contributed by atoms with Crippen molar-refractivity contribution in [3.05, 3.63) is 82.7 Å². The molecule has 0 N–H and O–H groups in total. The van der Waals surface area contributed by atoms with E-state index in [1.807, 2.05) is 62.4 Å². The summed E-state index contributed by atoms with van der Waals surface area (Å²) in [4.78, 5) is 18.4. The molecule has 6 heteroatoms. The monoisotopic (exact) mass is 509 g/mol. The van der Waals surface area contributed by atoms with Crippen LogP contribution in [0.3, 0.4) is 0 Å². The van der Waals surface area contributed by atoms with Crippen molar-refractivity contribution >= 4 is 17.6 Å². The van der Waals surface area contributed by atoms with Gasteiger partial charge in [0.1, 0.15) is 17.9 Å². The van der Waals surface area contributed by atoms with E-state index in [2.05, 4.69) is 31.0 Å². The van der Waals surface area contributed by atoms with Gasteiger partial charge in [0, 0.05) is 37.7 Å². The van der Waals surface area contributed by atoms with Crippen molar-refractivity contribution in [2.75, 3.05) is 27.3 Å². The van der Waals surface area contributed by atoms with E-state index in [0.717, 1.165) is 33.5 Å². The summed E-state index contributed by atoms with van der Waals surface area (Å²) in [6.45, 7) is 9.65. The summed E-state index contributed by atoms with van der Waals surface area (Å²) in [5, 5.41) is 9.90. The van der Waals surface area contributed by atoms with Crippen LogP contribution < -0.4 is 4.74 Å². The molecule has 0 unspecified atom stereocenters. The summed E-state index contributed by atoms with van der Waals surface area (Å²) in [6, 6.07) is 17.7. The van der Waals surface area contributed by atoms with E-state index >= 15 is 0 Å². The number of allylic oxidation sites excluding steroid dienone is 1. The maximum absolute atomic E-state index is 12.2. The number of nitrogens with zero attached hydrogens (tertiary/aromatic N) is 3. The number of ether oxygens (including phenoxy) is 2. The molecule has 1 aromatic heterocycles. The molecule has 0 bridgehead atoms. The van der Waals surface area contributed by atoms with Gasteiger partial charge in [0.15, 0.2) is 0 Å². The third kappa shape index (κ3) is 5.79. The van der Waals surface area contributed by atoms with E-state index in [4.69, 9.17) is 9.47 Å². The van der Waals surface area contributed by atoms with Gasteiger partial charge < -0.3 is 14.4 Å². The van der Waals surface area contributed by atoms with Crippen molar-refractivity contribution in [2.24, 2.45) is 11.8 Å². The van der Waals surface area contributed by atoms with E-state index in [-0.39, 0.29) is 23.8 Å². The Morgan fingerprint density at radius 1 is 1.08 bits per heavy atom. The number of benzene rings is 2. The second-order valence-electron chi connectivity index (χ2n) is 10.4. The van der Waals surface area contributed by atoms with E-state index in [0.29, 0.717) is 30.1 Å². The molecule has 1 aliphatic heterocycles. The van der Waals surface area contributed by atoms with E-state index in [9.17, 15) is 10.1 Å². The van der Waals surface area contributed by atoms with E-state index < -0.39 is 0 Å². The first-order chi connectivity index (χ1) is 18.2. The van der Waals surface area contributed by atoms with Gasteiger partial charge in [-0.05, 0) is 78.1 Å². The first kappa shape index (κ1) is 27.1. The van der Waals surface area contributed by atoms with Crippen molar-refractivity contribution in [2.45, 2.75) is 33.8 Å². The van der Waals surface area contributed by atoms with Crippen molar-refractivity contribution in [3.63, 3.8) is 0 Å². The normalized spacial score (nSPS) is 19.5. The minimum absolute atomic E-state index is 0.0131. The highest BCUT2D eigenvalue weighted by molar-refractivity contribution is 5.94. The highest BCUT2D eigenvalue weighted by atomic mass is 16.5. The lowest BCUT2D eigenvalue weighted by Crippen LogP contribution is -2.41. The van der Waals surface area contributed by atoms with Crippen molar-refractivity contribution in [3.8, 4) is 22.9 Å². The lowest BCUT2D eigenvalue weighted by atomic mass is 9.92. The van der Waals surface area contributed by atoms with Crippen LogP contribution in [0, 0.1) is 30.1 Å². The number of pyridine rings is 1. The van der Waals surface area contributed by atoms with Crippen LogP contribution in [0.1, 0.15) is 53.5 Å². The zero-order valence-corrected chi connectivity index (χ0v) is 23.0. The Morgan fingerprint density at radius 2 is 1.74 bits per heavy atom. The molecule has 1 fully saturated rings. The summed E-state index contributed by atoms with van der Waals surface area (Å²) in [7, 11) is 3.49. The molecule has 1 aliphatic rings. The van der Waals surface area contributed by atoms with Gasteiger partial charge >= 0.3 is 0 Å². The van der Waals surface area contributed by atoms with Gasteiger partial charge in [-0.25, -0.2) is 0 Å². The summed E-state index contributed by atoms with van der Waals surface area (Å²) in [5.74, 6) is 1.11. The number of amides is 1. The molecule has 1 amide bonds. The maximum Gasteiger partial charge on any atom is 0.253 e. The van der Waals surface area contributed by atoms with Gasteiger partial charge in [0.2, 0.25) is 0 Å². The highest BCUT2D eigenvalue weighted by Crippen LogP contribution is 2.33. The Morgan fingerprint density at radius 3 is 2.37 bits per heavy atom.